The van der Waals surface area contributed by atoms with Gasteiger partial charge >= 0.3 is 87.1 Å². The van der Waals surface area contributed by atoms with Crippen molar-refractivity contribution in [2.75, 3.05) is 0 Å². The Morgan fingerprint density at radius 1 is 1.30 bits per heavy atom. The molecule has 0 aromatic heterocycles. The van der Waals surface area contributed by atoms with E-state index in [9.17, 15) is 0 Å². The summed E-state index contributed by atoms with van der Waals surface area (Å²) in [6.45, 7) is 4.56. The summed E-state index contributed by atoms with van der Waals surface area (Å²) in [4.78, 5) is 0. The van der Waals surface area contributed by atoms with Crippen LogP contribution < -0.4 is 0 Å². The Kier molecular flexibility index (Phi) is 14.0. The average molecular weight is 128 g/mol. The minimum atomic E-state index is 0. The van der Waals surface area contributed by atoms with E-state index in [0.717, 1.165) is 5.92 Å². The molecule has 0 heterocycles. The van der Waals surface area contributed by atoms with Crippen molar-refractivity contribution in [3.05, 3.63) is 0 Å². The first-order chi connectivity index (χ1) is 4.35. The van der Waals surface area contributed by atoms with Crippen molar-refractivity contribution in [3.8, 4) is 0 Å². The first-order valence-corrected chi connectivity index (χ1v) is 4.35. The summed E-state index contributed by atoms with van der Waals surface area (Å²) in [6, 6.07) is 0. The molecule has 2 heteroatoms. The van der Waals surface area contributed by atoms with Crippen molar-refractivity contribution in [3.63, 3.8) is 0 Å². The third kappa shape index (κ3) is 7.30. The molecule has 0 fully saturated rings. The van der Waals surface area contributed by atoms with E-state index in [4.69, 9.17) is 0 Å². The monoisotopic (exact) mass is 128 g/mol. The average Bonchev–Trinajstić information content (AvgIpc) is 1.91. The van der Waals surface area contributed by atoms with Gasteiger partial charge in [-0.05, 0) is 0 Å². The van der Waals surface area contributed by atoms with Gasteiger partial charge in [0.1, 0.15) is 0 Å². The maximum atomic E-state index is 2.30. The number of unbranched alkanes of at least 4 members (excludes halogenated alkanes) is 1. The summed E-state index contributed by atoms with van der Waals surface area (Å²) in [5.41, 5.74) is 0. The van der Waals surface area contributed by atoms with Gasteiger partial charge in [-0.25, -0.2) is 0 Å². The van der Waals surface area contributed by atoms with Crippen molar-refractivity contribution in [2.45, 2.75) is 44.6 Å². The van der Waals surface area contributed by atoms with Crippen LogP contribution in [0, 0.1) is 5.92 Å². The molecule has 0 aromatic rings. The molecule has 0 aliphatic rings. The molecule has 0 nitrogen and oxygen atoms in total. The van der Waals surface area contributed by atoms with E-state index in [2.05, 4.69) is 31.6 Å². The Hall–Kier alpha value is 1.19. The van der Waals surface area contributed by atoms with Crippen LogP contribution in [-0.2, 0) is 0 Å². The van der Waals surface area contributed by atoms with Gasteiger partial charge in [-0.1, -0.05) is 0 Å². The molecule has 0 aliphatic carbocycles. The fourth-order valence-corrected chi connectivity index (χ4v) is 1.19. The molecule has 0 spiro atoms. The molecule has 0 radical (unpaired) electrons. The molecule has 10 heavy (non-hydrogen) atoms. The quantitative estimate of drug-likeness (QED) is 0.497. The zero-order valence-electron chi connectivity index (χ0n) is 7.11. The second-order valence-electron chi connectivity index (χ2n) is 2.82. The van der Waals surface area contributed by atoms with Crippen molar-refractivity contribution < 1.29 is 0 Å². The molecular weight excluding hydrogens is 110 g/mol. The SMILES string of the molecule is [LiH].[Li][CH2]C(CC)CCCC. The van der Waals surface area contributed by atoms with Crippen LogP contribution in [-0.4, -0.2) is 36.6 Å². The molecule has 0 N–H and O–H groups in total. The van der Waals surface area contributed by atoms with Gasteiger partial charge in [0.15, 0.2) is 0 Å². The van der Waals surface area contributed by atoms with E-state index in [-0.39, 0.29) is 18.9 Å². The van der Waals surface area contributed by atoms with Gasteiger partial charge in [0.05, 0.1) is 0 Å². The first kappa shape index (κ1) is 13.8. The Labute approximate surface area is 86.9 Å². The predicted octanol–water partition coefficient (Wildman–Crippen LogP) is 2.14. The van der Waals surface area contributed by atoms with Crippen molar-refractivity contribution in [1.82, 2.24) is 0 Å². The molecule has 1 atom stereocenters. The molecule has 0 amide bonds. The van der Waals surface area contributed by atoms with E-state index < -0.39 is 0 Å². The third-order valence-corrected chi connectivity index (χ3v) is 2.12. The van der Waals surface area contributed by atoms with Gasteiger partial charge in [-0.3, -0.25) is 0 Å². The van der Waals surface area contributed by atoms with Gasteiger partial charge in [0.25, 0.3) is 0 Å². The Bertz CT molecular complexity index is 51.2. The number of hydrogen-bond donors (Lipinski definition) is 0. The zero-order valence-corrected chi connectivity index (χ0v) is 7.11. The first-order valence-electron chi connectivity index (χ1n) is 4.35. The number of rotatable bonds is 5. The third-order valence-electron chi connectivity index (χ3n) is 2.12. The molecule has 0 aromatic carbocycles. The van der Waals surface area contributed by atoms with Gasteiger partial charge in [-0.15, -0.1) is 0 Å². The summed E-state index contributed by atoms with van der Waals surface area (Å²) in [5, 5.41) is 1.37. The summed E-state index contributed by atoms with van der Waals surface area (Å²) in [6.07, 6.45) is 5.60. The molecule has 0 saturated carbocycles. The van der Waals surface area contributed by atoms with Crippen LogP contribution in [0.3, 0.4) is 0 Å². The van der Waals surface area contributed by atoms with Crippen molar-refractivity contribution in [1.29, 1.82) is 0 Å². The van der Waals surface area contributed by atoms with E-state index in [0.29, 0.717) is 0 Å². The molecule has 0 rings (SSSR count). The van der Waals surface area contributed by atoms with Crippen LogP contribution in [0.2, 0.25) is 5.09 Å². The second-order valence-corrected chi connectivity index (χ2v) is 2.82. The van der Waals surface area contributed by atoms with Crippen LogP contribution in [0.4, 0.5) is 0 Å². The van der Waals surface area contributed by atoms with Gasteiger partial charge in [0.2, 0.25) is 0 Å². The molecule has 1 unspecified atom stereocenters. The summed E-state index contributed by atoms with van der Waals surface area (Å²) in [5.74, 6) is 1.00. The fraction of sp³-hybridized carbons (Fsp3) is 1.00. The Morgan fingerprint density at radius 2 is 1.90 bits per heavy atom. The minimum absolute atomic E-state index is 0. The van der Waals surface area contributed by atoms with E-state index in [1.165, 1.54) is 30.8 Å². The van der Waals surface area contributed by atoms with E-state index in [1.54, 1.807) is 0 Å². The molecule has 52 valence electrons. The molecule has 0 bridgehead atoms. The topological polar surface area (TPSA) is 0 Å². The van der Waals surface area contributed by atoms with Gasteiger partial charge in [0, 0.05) is 0 Å². The second kappa shape index (κ2) is 10.2. The van der Waals surface area contributed by atoms with Crippen LogP contribution in [0.15, 0.2) is 0 Å². The Morgan fingerprint density at radius 3 is 2.20 bits per heavy atom. The van der Waals surface area contributed by atoms with E-state index in [1.807, 2.05) is 0 Å². The normalized spacial score (nSPS) is 12.4. The molecular formula is C8H18Li2. The Balaban J connectivity index is 0. The maximum absolute atomic E-state index is 2.30. The summed E-state index contributed by atoms with van der Waals surface area (Å²) < 4.78 is 0. The summed E-state index contributed by atoms with van der Waals surface area (Å²) >= 11 is 2.30. The van der Waals surface area contributed by atoms with Gasteiger partial charge < -0.3 is 0 Å². The van der Waals surface area contributed by atoms with Crippen LogP contribution >= 0.6 is 0 Å². The van der Waals surface area contributed by atoms with Crippen molar-refractivity contribution in [2.24, 2.45) is 5.92 Å². The fourth-order valence-electron chi connectivity index (χ4n) is 1.19. The zero-order chi connectivity index (χ0) is 7.11. The van der Waals surface area contributed by atoms with Gasteiger partial charge in [-0.2, -0.15) is 0 Å². The summed E-state index contributed by atoms with van der Waals surface area (Å²) in [7, 11) is 0. The van der Waals surface area contributed by atoms with Crippen LogP contribution in [0.1, 0.15) is 39.5 Å². The molecule has 0 saturated heterocycles. The van der Waals surface area contributed by atoms with Crippen LogP contribution in [0.5, 0.6) is 0 Å². The van der Waals surface area contributed by atoms with Crippen LogP contribution in [0.25, 0.3) is 0 Å². The van der Waals surface area contributed by atoms with Crippen molar-refractivity contribution >= 4 is 36.6 Å². The standard InChI is InChI=1S/C8H17.2Li.H/c1-4-6-7-8(3)5-2;;;/h8H,3-7H2,1-2H3;;;. The predicted molar refractivity (Wildman–Crippen MR) is 51.0 cm³/mol. The van der Waals surface area contributed by atoms with E-state index >= 15 is 0 Å². The molecule has 0 aliphatic heterocycles. The number of hydrogen-bond acceptors (Lipinski definition) is 0.